The van der Waals surface area contributed by atoms with Crippen LogP contribution in [0.25, 0.3) is 11.3 Å². The maximum absolute atomic E-state index is 6.05. The summed E-state index contributed by atoms with van der Waals surface area (Å²) in [5.41, 5.74) is 7.78. The maximum Gasteiger partial charge on any atom is 0.228 e. The van der Waals surface area contributed by atoms with Gasteiger partial charge in [0.15, 0.2) is 11.6 Å². The Kier molecular flexibility index (Phi) is 5.12. The molecule has 0 amide bonds. The first kappa shape index (κ1) is 20.3. The van der Waals surface area contributed by atoms with Crippen LogP contribution in [0.1, 0.15) is 40.5 Å². The first-order valence-electron chi connectivity index (χ1n) is 11.3. The summed E-state index contributed by atoms with van der Waals surface area (Å²) in [6.07, 6.45) is 4.46. The average molecular weight is 425 g/mol. The predicted molar refractivity (Wildman–Crippen MR) is 122 cm³/mol. The van der Waals surface area contributed by atoms with E-state index >= 15 is 0 Å². The minimum atomic E-state index is 0.0166. The number of morpholine rings is 1. The molecular formula is C23H32N6O2. The Morgan fingerprint density at radius 3 is 2.65 bits per heavy atom. The molecule has 31 heavy (non-hydrogen) atoms. The second-order valence-electron chi connectivity index (χ2n) is 9.47. The van der Waals surface area contributed by atoms with E-state index in [9.17, 15) is 0 Å². The molecule has 0 radical (unpaired) electrons. The van der Waals surface area contributed by atoms with Crippen LogP contribution >= 0.6 is 0 Å². The predicted octanol–water partition coefficient (Wildman–Crippen LogP) is 3.12. The highest BCUT2D eigenvalue weighted by Gasteiger charge is 2.44. The molecular weight excluding hydrogens is 392 g/mol. The molecule has 2 aromatic heterocycles. The fourth-order valence-corrected chi connectivity index (χ4v) is 4.79. The normalized spacial score (nSPS) is 27.5. The van der Waals surface area contributed by atoms with Crippen molar-refractivity contribution in [3.63, 3.8) is 0 Å². The lowest BCUT2D eigenvalue weighted by Crippen LogP contribution is -2.48. The molecule has 0 aromatic carbocycles. The van der Waals surface area contributed by atoms with E-state index in [0.29, 0.717) is 24.2 Å². The van der Waals surface area contributed by atoms with Crippen LogP contribution in [0.15, 0.2) is 18.3 Å². The van der Waals surface area contributed by atoms with Crippen molar-refractivity contribution in [3.05, 3.63) is 18.3 Å². The van der Waals surface area contributed by atoms with Crippen molar-refractivity contribution in [1.82, 2.24) is 15.0 Å². The van der Waals surface area contributed by atoms with Crippen molar-refractivity contribution in [2.24, 2.45) is 5.92 Å². The van der Waals surface area contributed by atoms with E-state index in [1.54, 1.807) is 6.20 Å². The number of aromatic nitrogens is 3. The average Bonchev–Trinajstić information content (AvgIpc) is 3.32. The van der Waals surface area contributed by atoms with E-state index in [0.717, 1.165) is 42.0 Å². The minimum absolute atomic E-state index is 0.0166. The van der Waals surface area contributed by atoms with Gasteiger partial charge in [0.1, 0.15) is 5.82 Å². The summed E-state index contributed by atoms with van der Waals surface area (Å²) in [7, 11) is 0. The van der Waals surface area contributed by atoms with Crippen LogP contribution < -0.4 is 20.3 Å². The zero-order chi connectivity index (χ0) is 21.7. The second-order valence-corrected chi connectivity index (χ2v) is 9.47. The van der Waals surface area contributed by atoms with E-state index < -0.39 is 0 Å². The third-order valence-corrected chi connectivity index (χ3v) is 6.51. The molecule has 1 aliphatic carbocycles. The Morgan fingerprint density at radius 2 is 1.94 bits per heavy atom. The molecule has 4 fully saturated rings. The summed E-state index contributed by atoms with van der Waals surface area (Å²) in [6.45, 7) is 10.8. The van der Waals surface area contributed by atoms with Crippen LogP contribution in [-0.4, -0.2) is 58.9 Å². The van der Waals surface area contributed by atoms with E-state index in [1.807, 2.05) is 19.9 Å². The van der Waals surface area contributed by atoms with Gasteiger partial charge in [0.25, 0.3) is 0 Å². The number of pyridine rings is 1. The van der Waals surface area contributed by atoms with Crippen molar-refractivity contribution in [2.45, 2.75) is 64.8 Å². The van der Waals surface area contributed by atoms with Crippen molar-refractivity contribution in [3.8, 4) is 17.0 Å². The smallest absolute Gasteiger partial charge is 0.228 e. The molecule has 0 spiro atoms. The lowest BCUT2D eigenvalue weighted by molar-refractivity contribution is 0.0340. The number of anilines is 3. The molecule has 3 aliphatic heterocycles. The molecule has 2 bridgehead atoms. The molecule has 0 unspecified atom stereocenters. The van der Waals surface area contributed by atoms with Gasteiger partial charge >= 0.3 is 0 Å². The van der Waals surface area contributed by atoms with Crippen LogP contribution in [0.3, 0.4) is 0 Å². The van der Waals surface area contributed by atoms with E-state index in [4.69, 9.17) is 25.2 Å². The molecule has 4 aliphatic rings. The highest BCUT2D eigenvalue weighted by Crippen LogP contribution is 2.43. The van der Waals surface area contributed by atoms with Crippen LogP contribution in [0.5, 0.6) is 5.75 Å². The maximum atomic E-state index is 6.05. The summed E-state index contributed by atoms with van der Waals surface area (Å²) in [4.78, 5) is 19.1. The van der Waals surface area contributed by atoms with Gasteiger partial charge in [-0.3, -0.25) is 0 Å². The van der Waals surface area contributed by atoms with Crippen molar-refractivity contribution >= 4 is 17.6 Å². The van der Waals surface area contributed by atoms with Gasteiger partial charge in [0.2, 0.25) is 5.95 Å². The third kappa shape index (κ3) is 3.89. The number of nitrogen functional groups attached to an aromatic ring is 1. The Bertz CT molecular complexity index is 961. The van der Waals surface area contributed by atoms with E-state index in [1.165, 1.54) is 12.8 Å². The molecule has 8 nitrogen and oxygen atoms in total. The van der Waals surface area contributed by atoms with Gasteiger partial charge in [-0.1, -0.05) is 0 Å². The summed E-state index contributed by atoms with van der Waals surface area (Å²) in [5.74, 6) is 3.52. The minimum Gasteiger partial charge on any atom is -0.487 e. The van der Waals surface area contributed by atoms with Crippen LogP contribution in [-0.2, 0) is 4.74 Å². The first-order valence-corrected chi connectivity index (χ1v) is 11.3. The topological polar surface area (TPSA) is 89.6 Å². The largest absolute Gasteiger partial charge is 0.487 e. The summed E-state index contributed by atoms with van der Waals surface area (Å²) in [6, 6.07) is 4.82. The molecule has 8 heteroatoms. The standard InChI is InChI=1S/C23H32N6O2/c1-13(2)31-20-7-17(9-25-22(20)24)19-8-21(28-10-15(4)30-12-14(28)3)27-23(26-19)29-11-16-5-18(29)6-16/h7-9,13-16,18H,5-6,10-12H2,1-4H3,(H2,24,25)/t14-,15-,16?,18?/m0/s1. The number of fused-ring (bicyclic) bond motifs is 1. The van der Waals surface area contributed by atoms with Gasteiger partial charge in [-0.05, 0) is 52.5 Å². The molecule has 166 valence electrons. The molecule has 1 saturated carbocycles. The molecule has 6 rings (SSSR count). The van der Waals surface area contributed by atoms with E-state index in [2.05, 4.69) is 34.7 Å². The monoisotopic (exact) mass is 424 g/mol. The zero-order valence-corrected chi connectivity index (χ0v) is 18.8. The Morgan fingerprint density at radius 1 is 1.13 bits per heavy atom. The van der Waals surface area contributed by atoms with Crippen LogP contribution in [0.2, 0.25) is 0 Å². The number of nitrogens with two attached hydrogens (primary N) is 1. The Labute approximate surface area is 183 Å². The van der Waals surface area contributed by atoms with Gasteiger partial charge in [-0.2, -0.15) is 4.98 Å². The number of hydrogen-bond acceptors (Lipinski definition) is 8. The summed E-state index contributed by atoms with van der Waals surface area (Å²) >= 11 is 0. The van der Waals surface area contributed by atoms with Crippen molar-refractivity contribution in [2.75, 3.05) is 35.2 Å². The fraction of sp³-hybridized carbons (Fsp3) is 0.609. The van der Waals surface area contributed by atoms with Crippen LogP contribution in [0, 0.1) is 5.92 Å². The highest BCUT2D eigenvalue weighted by molar-refractivity contribution is 5.68. The molecule has 2 N–H and O–H groups in total. The summed E-state index contributed by atoms with van der Waals surface area (Å²) < 4.78 is 11.7. The number of nitrogens with zero attached hydrogens (tertiary/aromatic N) is 5. The SMILES string of the molecule is CC(C)Oc1cc(-c2cc(N3C[C@H](C)OC[C@@H]3C)nc(N3CC4CC3C4)n2)cnc1N. The fourth-order valence-electron chi connectivity index (χ4n) is 4.79. The third-order valence-electron chi connectivity index (χ3n) is 6.51. The van der Waals surface area contributed by atoms with Gasteiger partial charge in [-0.25, -0.2) is 9.97 Å². The number of rotatable bonds is 5. The second kappa shape index (κ2) is 7.82. The van der Waals surface area contributed by atoms with Gasteiger partial charge in [-0.15, -0.1) is 0 Å². The molecule has 3 saturated heterocycles. The molecule has 2 atom stereocenters. The van der Waals surface area contributed by atoms with Crippen molar-refractivity contribution in [1.29, 1.82) is 0 Å². The highest BCUT2D eigenvalue weighted by atomic mass is 16.5. The van der Waals surface area contributed by atoms with Crippen molar-refractivity contribution < 1.29 is 9.47 Å². The Balaban J connectivity index is 1.56. The first-order chi connectivity index (χ1) is 14.9. The lowest BCUT2D eigenvalue weighted by atomic mass is 9.86. The zero-order valence-electron chi connectivity index (χ0n) is 18.8. The molecule has 2 aromatic rings. The van der Waals surface area contributed by atoms with Gasteiger partial charge in [0, 0.05) is 37.0 Å². The van der Waals surface area contributed by atoms with E-state index in [-0.39, 0.29) is 18.2 Å². The summed E-state index contributed by atoms with van der Waals surface area (Å²) in [5, 5.41) is 0. The Hall–Kier alpha value is -2.61. The van der Waals surface area contributed by atoms with Crippen LogP contribution in [0.4, 0.5) is 17.6 Å². The van der Waals surface area contributed by atoms with Gasteiger partial charge < -0.3 is 25.0 Å². The van der Waals surface area contributed by atoms with Gasteiger partial charge in [0.05, 0.1) is 30.6 Å². The lowest BCUT2D eigenvalue weighted by Gasteiger charge is -2.38. The molecule has 5 heterocycles. The number of ether oxygens (including phenoxy) is 2. The quantitative estimate of drug-likeness (QED) is 0.783. The number of hydrogen-bond donors (Lipinski definition) is 1.